The molecule has 38 heavy (non-hydrogen) atoms. The van der Waals surface area contributed by atoms with E-state index in [-0.39, 0.29) is 29.7 Å². The summed E-state index contributed by atoms with van der Waals surface area (Å²) >= 11 is 0. The summed E-state index contributed by atoms with van der Waals surface area (Å²) in [5.74, 6) is -1.84. The zero-order valence-electron chi connectivity index (χ0n) is 23.5. The Kier molecular flexibility index (Phi) is 5.35. The van der Waals surface area contributed by atoms with Crippen LogP contribution in [0.15, 0.2) is 40.2 Å². The molecular formula is C31H38O7. The number of methoxy groups -OCH3 is 1. The molecule has 7 nitrogen and oxygen atoms in total. The van der Waals surface area contributed by atoms with Gasteiger partial charge in [-0.15, -0.1) is 0 Å². The third kappa shape index (κ3) is 2.81. The van der Waals surface area contributed by atoms with Gasteiger partial charge in [0.1, 0.15) is 12.2 Å². The van der Waals surface area contributed by atoms with Crippen LogP contribution in [0.1, 0.15) is 77.8 Å². The van der Waals surface area contributed by atoms with Crippen LogP contribution >= 0.6 is 0 Å². The fraction of sp³-hybridized carbons (Fsp3) is 0.645. The fourth-order valence-corrected chi connectivity index (χ4v) is 9.58. The van der Waals surface area contributed by atoms with Gasteiger partial charge in [0.05, 0.1) is 37.1 Å². The van der Waals surface area contributed by atoms with Crippen LogP contribution in [0.4, 0.5) is 0 Å². The highest BCUT2D eigenvalue weighted by molar-refractivity contribution is 6.00. The monoisotopic (exact) mass is 522 g/mol. The van der Waals surface area contributed by atoms with Gasteiger partial charge in [-0.1, -0.05) is 46.3 Å². The first kappa shape index (κ1) is 25.6. The molecule has 0 N–H and O–H groups in total. The van der Waals surface area contributed by atoms with Gasteiger partial charge in [0, 0.05) is 28.2 Å². The van der Waals surface area contributed by atoms with E-state index in [0.29, 0.717) is 5.92 Å². The number of carbonyl (C=O) groups excluding carboxylic acids is 3. The van der Waals surface area contributed by atoms with Gasteiger partial charge in [-0.25, -0.2) is 0 Å². The van der Waals surface area contributed by atoms with Gasteiger partial charge in [0.15, 0.2) is 5.78 Å². The number of ether oxygens (including phenoxy) is 3. The molecule has 1 saturated carbocycles. The number of esters is 2. The summed E-state index contributed by atoms with van der Waals surface area (Å²) in [6.07, 6.45) is 6.42. The number of hydrogen-bond acceptors (Lipinski definition) is 7. The Morgan fingerprint density at radius 2 is 1.82 bits per heavy atom. The molecule has 3 fully saturated rings. The van der Waals surface area contributed by atoms with E-state index in [1.54, 1.807) is 6.08 Å². The third-order valence-electron chi connectivity index (χ3n) is 11.0. The Bertz CT molecular complexity index is 1300. The summed E-state index contributed by atoms with van der Waals surface area (Å²) in [5, 5.41) is 0. The number of furan rings is 1. The van der Waals surface area contributed by atoms with Gasteiger partial charge in [-0.2, -0.15) is 0 Å². The van der Waals surface area contributed by atoms with Crippen LogP contribution in [0.2, 0.25) is 0 Å². The summed E-state index contributed by atoms with van der Waals surface area (Å²) in [4.78, 5) is 40.5. The van der Waals surface area contributed by atoms with Crippen LogP contribution in [-0.4, -0.2) is 43.1 Å². The Labute approximate surface area is 223 Å². The molecule has 1 aromatic rings. The van der Waals surface area contributed by atoms with Gasteiger partial charge in [-0.05, 0) is 49.3 Å². The van der Waals surface area contributed by atoms with Crippen molar-refractivity contribution in [2.24, 2.45) is 34.0 Å². The van der Waals surface area contributed by atoms with Crippen LogP contribution < -0.4 is 0 Å². The SMILES string of the molecule is COC(=O)[C@H](C)[C@H]1[C@]2(C)C3=C(C)[C@H](c4cocc4C(C)C)C[C@H]3O[C@@H]2[C@@H]2OC(=O)[C@]3(C)C=CC(=O)[C@@]1(C)[C@@H]23. The Morgan fingerprint density at radius 1 is 1.11 bits per heavy atom. The maximum atomic E-state index is 13.9. The first-order valence-electron chi connectivity index (χ1n) is 13.8. The van der Waals surface area contributed by atoms with Gasteiger partial charge in [0.2, 0.25) is 0 Å². The van der Waals surface area contributed by atoms with Gasteiger partial charge < -0.3 is 18.6 Å². The van der Waals surface area contributed by atoms with Crippen LogP contribution in [0, 0.1) is 34.0 Å². The van der Waals surface area contributed by atoms with Crippen molar-refractivity contribution in [3.63, 3.8) is 0 Å². The molecule has 10 atom stereocenters. The molecule has 5 aliphatic rings. The molecule has 0 aromatic carbocycles. The molecule has 2 aliphatic heterocycles. The van der Waals surface area contributed by atoms with E-state index in [0.717, 1.165) is 17.6 Å². The zero-order valence-corrected chi connectivity index (χ0v) is 23.5. The highest BCUT2D eigenvalue weighted by Gasteiger charge is 2.78. The molecule has 1 aromatic heterocycles. The largest absolute Gasteiger partial charge is 0.472 e. The molecule has 3 aliphatic carbocycles. The summed E-state index contributed by atoms with van der Waals surface area (Å²) in [5.41, 5.74) is 1.97. The lowest BCUT2D eigenvalue weighted by Crippen LogP contribution is -2.67. The molecule has 0 unspecified atom stereocenters. The van der Waals surface area contributed by atoms with Crippen LogP contribution in [-0.2, 0) is 28.6 Å². The highest BCUT2D eigenvalue weighted by atomic mass is 16.6. The van der Waals surface area contributed by atoms with Crippen molar-refractivity contribution in [2.45, 2.75) is 85.0 Å². The molecule has 0 radical (unpaired) electrons. The lowest BCUT2D eigenvalue weighted by molar-refractivity contribution is -0.198. The average molecular weight is 523 g/mol. The molecule has 0 bridgehead atoms. The zero-order chi connectivity index (χ0) is 27.5. The van der Waals surface area contributed by atoms with Crippen molar-refractivity contribution in [1.82, 2.24) is 0 Å². The maximum absolute atomic E-state index is 13.9. The van der Waals surface area contributed by atoms with Crippen molar-refractivity contribution in [2.75, 3.05) is 7.11 Å². The Balaban J connectivity index is 1.58. The molecule has 2 saturated heterocycles. The minimum Gasteiger partial charge on any atom is -0.472 e. The fourth-order valence-electron chi connectivity index (χ4n) is 9.58. The maximum Gasteiger partial charge on any atom is 0.316 e. The average Bonchev–Trinajstić information content (AvgIpc) is 3.59. The molecule has 3 heterocycles. The van der Waals surface area contributed by atoms with E-state index >= 15 is 0 Å². The molecule has 204 valence electrons. The first-order chi connectivity index (χ1) is 17.8. The number of allylic oxidation sites excluding steroid dienone is 2. The second-order valence-electron chi connectivity index (χ2n) is 13.1. The normalized spacial score (nSPS) is 43.7. The molecular weight excluding hydrogens is 484 g/mol. The van der Waals surface area contributed by atoms with Crippen molar-refractivity contribution >= 4 is 17.7 Å². The topological polar surface area (TPSA) is 92.0 Å². The predicted octanol–water partition coefficient (Wildman–Crippen LogP) is 5.11. The number of ketones is 1. The Morgan fingerprint density at radius 3 is 2.47 bits per heavy atom. The van der Waals surface area contributed by atoms with Crippen LogP contribution in [0.3, 0.4) is 0 Å². The number of carbonyl (C=O) groups is 3. The first-order valence-corrected chi connectivity index (χ1v) is 13.8. The number of rotatable bonds is 4. The second kappa shape index (κ2) is 7.93. The summed E-state index contributed by atoms with van der Waals surface area (Å²) in [6, 6.07) is 0. The molecule has 0 amide bonds. The third-order valence-corrected chi connectivity index (χ3v) is 11.0. The van der Waals surface area contributed by atoms with Crippen molar-refractivity contribution in [1.29, 1.82) is 0 Å². The second-order valence-corrected chi connectivity index (χ2v) is 13.1. The molecule has 6 rings (SSSR count). The molecule has 0 spiro atoms. The van der Waals surface area contributed by atoms with Crippen LogP contribution in [0.5, 0.6) is 0 Å². The minimum absolute atomic E-state index is 0.0723. The van der Waals surface area contributed by atoms with E-state index < -0.39 is 46.2 Å². The number of hydrogen-bond donors (Lipinski definition) is 0. The summed E-state index contributed by atoms with van der Waals surface area (Å²) in [7, 11) is 1.39. The lowest BCUT2D eigenvalue weighted by atomic mass is 9.40. The quantitative estimate of drug-likeness (QED) is 0.401. The van der Waals surface area contributed by atoms with E-state index in [2.05, 4.69) is 27.7 Å². The van der Waals surface area contributed by atoms with E-state index in [4.69, 9.17) is 18.6 Å². The smallest absolute Gasteiger partial charge is 0.316 e. The van der Waals surface area contributed by atoms with E-state index in [1.807, 2.05) is 33.3 Å². The number of fused-ring (bicyclic) bond motifs is 4. The summed E-state index contributed by atoms with van der Waals surface area (Å²) < 4.78 is 23.9. The van der Waals surface area contributed by atoms with E-state index in [9.17, 15) is 14.4 Å². The van der Waals surface area contributed by atoms with E-state index in [1.165, 1.54) is 24.3 Å². The van der Waals surface area contributed by atoms with Crippen molar-refractivity contribution in [3.8, 4) is 0 Å². The van der Waals surface area contributed by atoms with Crippen molar-refractivity contribution < 1.29 is 33.0 Å². The van der Waals surface area contributed by atoms with Gasteiger partial charge in [0.25, 0.3) is 0 Å². The Hall–Kier alpha value is -2.67. The van der Waals surface area contributed by atoms with Crippen LogP contribution in [0.25, 0.3) is 0 Å². The van der Waals surface area contributed by atoms with Crippen molar-refractivity contribution in [3.05, 3.63) is 47.0 Å². The summed E-state index contributed by atoms with van der Waals surface area (Å²) in [6.45, 7) is 14.2. The standard InChI is InChI=1S/C31H38O7/c1-14(2)18-12-36-13-19(18)17-11-20-22(15(17)3)31(7)24(16(4)27(33)35-8)30(6)21(32)9-10-29(5)25(30)23(26(31)37-20)38-28(29)34/h9-10,12-14,16-17,20,23-26H,11H2,1-8H3/t16-,17-,20-,23-,24-,25+,26-,29-,30-,31+/m1/s1. The minimum atomic E-state index is -1.03. The van der Waals surface area contributed by atoms with Gasteiger partial charge >= 0.3 is 11.9 Å². The predicted molar refractivity (Wildman–Crippen MR) is 138 cm³/mol. The highest BCUT2D eigenvalue weighted by Crippen LogP contribution is 2.72. The lowest BCUT2D eigenvalue weighted by Gasteiger charge is -2.60. The van der Waals surface area contributed by atoms with Gasteiger partial charge in [-0.3, -0.25) is 14.4 Å². The molecule has 7 heteroatoms.